The Hall–Kier alpha value is 0.0500. The molecule has 10 heavy (non-hydrogen) atoms. The number of rotatable bonds is 2. The van der Waals surface area contributed by atoms with E-state index < -0.39 is 0 Å². The molecule has 1 heterocycles. The largest absolute Gasteiger partial charge is 0.171 e. The standard InChI is InChI=1S/C8H12S2/c1-3-7-4-5-8(10-7)6(2)9/h4-6,9H,3H2,1-2H3. The van der Waals surface area contributed by atoms with Crippen LogP contribution in [0.2, 0.25) is 0 Å². The fourth-order valence-corrected chi connectivity index (χ4v) is 1.94. The minimum Gasteiger partial charge on any atom is -0.171 e. The summed E-state index contributed by atoms with van der Waals surface area (Å²) in [5, 5.41) is 0.394. The van der Waals surface area contributed by atoms with Crippen LogP contribution in [0.3, 0.4) is 0 Å². The van der Waals surface area contributed by atoms with Crippen molar-refractivity contribution < 1.29 is 0 Å². The predicted molar refractivity (Wildman–Crippen MR) is 51.1 cm³/mol. The third-order valence-electron chi connectivity index (χ3n) is 1.44. The first-order chi connectivity index (χ1) is 4.74. The summed E-state index contributed by atoms with van der Waals surface area (Å²) >= 11 is 6.21. The maximum Gasteiger partial charge on any atom is 0.0332 e. The number of aryl methyl sites for hydroxylation is 1. The Morgan fingerprint density at radius 1 is 1.60 bits per heavy atom. The van der Waals surface area contributed by atoms with E-state index in [9.17, 15) is 0 Å². The van der Waals surface area contributed by atoms with Crippen LogP contribution in [0.5, 0.6) is 0 Å². The van der Waals surface area contributed by atoms with Crippen molar-refractivity contribution in [2.75, 3.05) is 0 Å². The molecular weight excluding hydrogens is 160 g/mol. The van der Waals surface area contributed by atoms with Gasteiger partial charge in [0.05, 0.1) is 0 Å². The van der Waals surface area contributed by atoms with E-state index in [0.29, 0.717) is 5.25 Å². The molecule has 0 aromatic carbocycles. The fraction of sp³-hybridized carbons (Fsp3) is 0.500. The van der Waals surface area contributed by atoms with Crippen molar-refractivity contribution >= 4 is 24.0 Å². The van der Waals surface area contributed by atoms with Crippen LogP contribution in [0.25, 0.3) is 0 Å². The Morgan fingerprint density at radius 3 is 2.60 bits per heavy atom. The summed E-state index contributed by atoms with van der Waals surface area (Å²) in [7, 11) is 0. The Labute approximate surface area is 71.7 Å². The number of hydrogen-bond donors (Lipinski definition) is 1. The normalized spacial score (nSPS) is 13.5. The van der Waals surface area contributed by atoms with Crippen LogP contribution >= 0.6 is 24.0 Å². The van der Waals surface area contributed by atoms with Crippen LogP contribution in [0, 0.1) is 0 Å². The third-order valence-corrected chi connectivity index (χ3v) is 3.31. The van der Waals surface area contributed by atoms with Crippen molar-refractivity contribution in [2.45, 2.75) is 25.5 Å². The van der Waals surface area contributed by atoms with Gasteiger partial charge in [0.1, 0.15) is 0 Å². The van der Waals surface area contributed by atoms with Gasteiger partial charge in [-0.3, -0.25) is 0 Å². The van der Waals surface area contributed by atoms with Crippen LogP contribution in [0.1, 0.15) is 28.9 Å². The second-order valence-electron chi connectivity index (χ2n) is 2.33. The molecule has 0 bridgehead atoms. The molecule has 0 spiro atoms. The lowest BCUT2D eigenvalue weighted by molar-refractivity contribution is 1.15. The van der Waals surface area contributed by atoms with E-state index in [2.05, 4.69) is 38.6 Å². The summed E-state index contributed by atoms with van der Waals surface area (Å²) < 4.78 is 0. The van der Waals surface area contributed by atoms with E-state index in [1.807, 2.05) is 11.3 Å². The Bertz CT molecular complexity index is 201. The van der Waals surface area contributed by atoms with Crippen molar-refractivity contribution in [3.8, 4) is 0 Å². The van der Waals surface area contributed by atoms with Crippen molar-refractivity contribution in [2.24, 2.45) is 0 Å². The molecule has 1 aromatic rings. The second-order valence-corrected chi connectivity index (χ2v) is 4.31. The molecule has 0 N–H and O–H groups in total. The maximum atomic E-state index is 4.35. The summed E-state index contributed by atoms with van der Waals surface area (Å²) in [6.45, 7) is 4.28. The molecule has 0 radical (unpaired) electrons. The molecule has 1 unspecified atom stereocenters. The summed E-state index contributed by atoms with van der Waals surface area (Å²) in [5.74, 6) is 0. The van der Waals surface area contributed by atoms with E-state index in [1.165, 1.54) is 9.75 Å². The van der Waals surface area contributed by atoms with Gasteiger partial charge in [-0.1, -0.05) is 6.92 Å². The zero-order chi connectivity index (χ0) is 7.56. The van der Waals surface area contributed by atoms with Gasteiger partial charge in [0.15, 0.2) is 0 Å². The van der Waals surface area contributed by atoms with Crippen LogP contribution in [0.15, 0.2) is 12.1 Å². The smallest absolute Gasteiger partial charge is 0.0332 e. The molecule has 0 amide bonds. The Balaban J connectivity index is 2.78. The van der Waals surface area contributed by atoms with Crippen molar-refractivity contribution in [1.29, 1.82) is 0 Å². The molecule has 0 aliphatic carbocycles. The first-order valence-electron chi connectivity index (χ1n) is 3.50. The minimum atomic E-state index is 0.394. The van der Waals surface area contributed by atoms with Crippen molar-refractivity contribution in [1.82, 2.24) is 0 Å². The molecule has 0 fully saturated rings. The predicted octanol–water partition coefficient (Wildman–Crippen LogP) is 3.30. The molecule has 2 heteroatoms. The summed E-state index contributed by atoms with van der Waals surface area (Å²) in [6, 6.07) is 4.36. The SMILES string of the molecule is CCc1ccc(C(C)S)s1. The van der Waals surface area contributed by atoms with Crippen LogP contribution in [0.4, 0.5) is 0 Å². The van der Waals surface area contributed by atoms with E-state index in [0.717, 1.165) is 6.42 Å². The van der Waals surface area contributed by atoms with Gasteiger partial charge in [0.2, 0.25) is 0 Å². The molecule has 1 aromatic heterocycles. The van der Waals surface area contributed by atoms with Gasteiger partial charge in [0.25, 0.3) is 0 Å². The van der Waals surface area contributed by atoms with E-state index in [-0.39, 0.29) is 0 Å². The monoisotopic (exact) mass is 172 g/mol. The molecule has 0 saturated heterocycles. The topological polar surface area (TPSA) is 0 Å². The quantitative estimate of drug-likeness (QED) is 0.650. The van der Waals surface area contributed by atoms with Crippen LogP contribution in [-0.4, -0.2) is 0 Å². The highest BCUT2D eigenvalue weighted by atomic mass is 32.1. The third kappa shape index (κ3) is 1.77. The van der Waals surface area contributed by atoms with Crippen molar-refractivity contribution in [3.63, 3.8) is 0 Å². The molecule has 0 aliphatic heterocycles. The summed E-state index contributed by atoms with van der Waals surface area (Å²) in [6.07, 6.45) is 1.14. The Kier molecular flexibility index (Phi) is 2.81. The second kappa shape index (κ2) is 3.44. The molecule has 0 saturated carbocycles. The lowest BCUT2D eigenvalue weighted by atomic mass is 10.3. The number of thiophene rings is 1. The average molecular weight is 172 g/mol. The highest BCUT2D eigenvalue weighted by Crippen LogP contribution is 2.26. The van der Waals surface area contributed by atoms with Crippen LogP contribution < -0.4 is 0 Å². The molecular formula is C8H12S2. The first kappa shape index (κ1) is 8.15. The first-order valence-corrected chi connectivity index (χ1v) is 4.84. The van der Waals surface area contributed by atoms with Gasteiger partial charge in [-0.05, 0) is 25.5 Å². The van der Waals surface area contributed by atoms with Gasteiger partial charge in [0, 0.05) is 15.0 Å². The zero-order valence-corrected chi connectivity index (χ0v) is 8.01. The summed E-state index contributed by atoms with van der Waals surface area (Å²) in [4.78, 5) is 2.83. The van der Waals surface area contributed by atoms with Gasteiger partial charge in [-0.15, -0.1) is 11.3 Å². The zero-order valence-electron chi connectivity index (χ0n) is 6.29. The highest BCUT2D eigenvalue weighted by molar-refractivity contribution is 7.80. The van der Waals surface area contributed by atoms with E-state index in [1.54, 1.807) is 0 Å². The van der Waals surface area contributed by atoms with Crippen LogP contribution in [-0.2, 0) is 6.42 Å². The molecule has 0 nitrogen and oxygen atoms in total. The lowest BCUT2D eigenvalue weighted by Gasteiger charge is -1.96. The maximum absolute atomic E-state index is 4.35. The average Bonchev–Trinajstić information content (AvgIpc) is 2.34. The fourth-order valence-electron chi connectivity index (χ4n) is 0.809. The van der Waals surface area contributed by atoms with Gasteiger partial charge in [-0.2, -0.15) is 12.6 Å². The molecule has 56 valence electrons. The molecule has 1 rings (SSSR count). The summed E-state index contributed by atoms with van der Waals surface area (Å²) in [5.41, 5.74) is 0. The number of thiol groups is 1. The van der Waals surface area contributed by atoms with E-state index in [4.69, 9.17) is 0 Å². The lowest BCUT2D eigenvalue weighted by Crippen LogP contribution is -1.73. The van der Waals surface area contributed by atoms with Gasteiger partial charge in [-0.25, -0.2) is 0 Å². The van der Waals surface area contributed by atoms with Gasteiger partial charge >= 0.3 is 0 Å². The highest BCUT2D eigenvalue weighted by Gasteiger charge is 2.01. The Morgan fingerprint density at radius 2 is 2.30 bits per heavy atom. The van der Waals surface area contributed by atoms with Gasteiger partial charge < -0.3 is 0 Å². The molecule has 1 atom stereocenters. The van der Waals surface area contributed by atoms with E-state index >= 15 is 0 Å². The minimum absolute atomic E-state index is 0.394. The molecule has 0 aliphatic rings. The van der Waals surface area contributed by atoms with Crippen molar-refractivity contribution in [3.05, 3.63) is 21.9 Å². The number of hydrogen-bond acceptors (Lipinski definition) is 2.